The summed E-state index contributed by atoms with van der Waals surface area (Å²) in [7, 11) is 1.42. The summed E-state index contributed by atoms with van der Waals surface area (Å²) < 4.78 is 0. The van der Waals surface area contributed by atoms with Gasteiger partial charge in [-0.3, -0.25) is 19.7 Å². The van der Waals surface area contributed by atoms with Crippen molar-refractivity contribution >= 4 is 46.4 Å². The second-order valence-electron chi connectivity index (χ2n) is 5.14. The fraction of sp³-hybridized carbons (Fsp3) is 0.125. The fourth-order valence-electron chi connectivity index (χ4n) is 2.03. The van der Waals surface area contributed by atoms with Crippen molar-refractivity contribution in [3.63, 3.8) is 0 Å². The maximum Gasteiger partial charge on any atom is 0.288 e. The van der Waals surface area contributed by atoms with E-state index in [1.54, 1.807) is 24.3 Å². The van der Waals surface area contributed by atoms with Crippen molar-refractivity contribution in [3.8, 4) is 0 Å². The van der Waals surface area contributed by atoms with Crippen molar-refractivity contribution in [1.29, 1.82) is 0 Å². The number of carbonyl (C=O) groups is 2. The molecular formula is C16H13Cl2N3O4. The smallest absolute Gasteiger partial charge is 0.288 e. The summed E-state index contributed by atoms with van der Waals surface area (Å²) in [5.41, 5.74) is 0.238. The first-order valence-corrected chi connectivity index (χ1v) is 7.78. The lowest BCUT2D eigenvalue weighted by Gasteiger charge is -2.17. The molecule has 0 aromatic heterocycles. The first-order valence-electron chi connectivity index (χ1n) is 7.02. The maximum atomic E-state index is 12.3. The van der Waals surface area contributed by atoms with Gasteiger partial charge in [-0.2, -0.15) is 0 Å². The number of rotatable bonds is 5. The first-order chi connectivity index (χ1) is 11.8. The molecule has 0 saturated carbocycles. The van der Waals surface area contributed by atoms with Gasteiger partial charge >= 0.3 is 0 Å². The van der Waals surface area contributed by atoms with E-state index in [0.29, 0.717) is 10.7 Å². The minimum absolute atomic E-state index is 0.0651. The average molecular weight is 382 g/mol. The number of nitrogens with one attached hydrogen (secondary N) is 1. The summed E-state index contributed by atoms with van der Waals surface area (Å²) >= 11 is 11.5. The number of nitro groups is 1. The number of anilines is 1. The fourth-order valence-corrected chi connectivity index (χ4v) is 2.34. The Morgan fingerprint density at radius 1 is 1.16 bits per heavy atom. The number of halogens is 2. The van der Waals surface area contributed by atoms with Crippen LogP contribution in [0.3, 0.4) is 0 Å². The quantitative estimate of drug-likeness (QED) is 0.632. The largest absolute Gasteiger partial charge is 0.332 e. The lowest BCUT2D eigenvalue weighted by molar-refractivity contribution is -0.384. The molecule has 25 heavy (non-hydrogen) atoms. The minimum Gasteiger partial charge on any atom is -0.332 e. The standard InChI is InChI=1S/C16H13Cl2N3O4/c1-20(9-15(22)19-12-5-3-11(17)4-6-12)16(23)10-2-7-13(18)14(8-10)21(24)25/h2-8H,9H2,1H3,(H,19,22). The highest BCUT2D eigenvalue weighted by Gasteiger charge is 2.20. The van der Waals surface area contributed by atoms with Crippen molar-refractivity contribution in [2.24, 2.45) is 0 Å². The van der Waals surface area contributed by atoms with Gasteiger partial charge < -0.3 is 10.2 Å². The van der Waals surface area contributed by atoms with Gasteiger partial charge in [-0.05, 0) is 36.4 Å². The lowest BCUT2D eigenvalue weighted by Crippen LogP contribution is -2.34. The summed E-state index contributed by atoms with van der Waals surface area (Å²) in [6, 6.07) is 10.2. The van der Waals surface area contributed by atoms with Gasteiger partial charge in [0.25, 0.3) is 11.6 Å². The highest BCUT2D eigenvalue weighted by Crippen LogP contribution is 2.25. The van der Waals surface area contributed by atoms with Crippen LogP contribution in [0.4, 0.5) is 11.4 Å². The number of nitro benzene ring substituents is 1. The predicted molar refractivity (Wildman–Crippen MR) is 95.1 cm³/mol. The molecule has 0 unspecified atom stereocenters. The zero-order chi connectivity index (χ0) is 18.6. The molecule has 0 heterocycles. The number of hydrogen-bond acceptors (Lipinski definition) is 4. The third-order valence-electron chi connectivity index (χ3n) is 3.25. The van der Waals surface area contributed by atoms with Gasteiger partial charge in [0.15, 0.2) is 0 Å². The number of nitrogens with zero attached hydrogens (tertiary/aromatic N) is 2. The topological polar surface area (TPSA) is 92.6 Å². The van der Waals surface area contributed by atoms with E-state index in [9.17, 15) is 19.7 Å². The van der Waals surface area contributed by atoms with Crippen molar-refractivity contribution in [1.82, 2.24) is 4.90 Å². The Morgan fingerprint density at radius 3 is 2.40 bits per heavy atom. The van der Waals surface area contributed by atoms with Gasteiger partial charge in [0.1, 0.15) is 5.02 Å². The van der Waals surface area contributed by atoms with Gasteiger partial charge in [-0.1, -0.05) is 23.2 Å². The molecule has 0 spiro atoms. The highest BCUT2D eigenvalue weighted by molar-refractivity contribution is 6.32. The van der Waals surface area contributed by atoms with Crippen LogP contribution < -0.4 is 5.32 Å². The summed E-state index contributed by atoms with van der Waals surface area (Å²) in [6.07, 6.45) is 0. The number of carbonyl (C=O) groups excluding carboxylic acids is 2. The number of amides is 2. The molecule has 7 nitrogen and oxygen atoms in total. The summed E-state index contributed by atoms with van der Waals surface area (Å²) in [4.78, 5) is 35.7. The normalized spacial score (nSPS) is 10.2. The predicted octanol–water partition coefficient (Wildman–Crippen LogP) is 3.61. The molecule has 0 aliphatic rings. The summed E-state index contributed by atoms with van der Waals surface area (Å²) in [6.45, 7) is -0.224. The Balaban J connectivity index is 2.04. The second kappa shape index (κ2) is 7.96. The van der Waals surface area contributed by atoms with E-state index in [0.717, 1.165) is 11.0 Å². The van der Waals surface area contributed by atoms with Gasteiger partial charge in [-0.15, -0.1) is 0 Å². The molecule has 0 aliphatic carbocycles. The Bertz CT molecular complexity index is 825. The number of hydrogen-bond donors (Lipinski definition) is 1. The Kier molecular flexibility index (Phi) is 5.95. The molecule has 0 radical (unpaired) electrons. The van der Waals surface area contributed by atoms with E-state index in [-0.39, 0.29) is 22.8 Å². The zero-order valence-corrected chi connectivity index (χ0v) is 14.5. The molecule has 2 aromatic rings. The molecule has 0 bridgehead atoms. The Labute approximate surface area is 153 Å². The van der Waals surface area contributed by atoms with Crippen LogP contribution in [0.25, 0.3) is 0 Å². The zero-order valence-electron chi connectivity index (χ0n) is 13.0. The number of benzene rings is 2. The molecule has 1 N–H and O–H groups in total. The minimum atomic E-state index is -0.674. The molecule has 130 valence electrons. The van der Waals surface area contributed by atoms with E-state index in [1.165, 1.54) is 19.2 Å². The molecule has 2 aromatic carbocycles. The van der Waals surface area contributed by atoms with Crippen LogP contribution in [0.15, 0.2) is 42.5 Å². The van der Waals surface area contributed by atoms with Crippen molar-refractivity contribution in [2.75, 3.05) is 18.9 Å². The van der Waals surface area contributed by atoms with Crippen LogP contribution in [0.5, 0.6) is 0 Å². The molecule has 0 atom stereocenters. The highest BCUT2D eigenvalue weighted by atomic mass is 35.5. The average Bonchev–Trinajstić information content (AvgIpc) is 2.56. The maximum absolute atomic E-state index is 12.3. The molecule has 0 fully saturated rings. The third-order valence-corrected chi connectivity index (χ3v) is 3.82. The van der Waals surface area contributed by atoms with E-state index in [4.69, 9.17) is 23.2 Å². The van der Waals surface area contributed by atoms with Crippen LogP contribution in [0.1, 0.15) is 10.4 Å². The molecular weight excluding hydrogens is 369 g/mol. The first kappa shape index (κ1) is 18.7. The van der Waals surface area contributed by atoms with E-state index >= 15 is 0 Å². The monoisotopic (exact) mass is 381 g/mol. The molecule has 2 amide bonds. The van der Waals surface area contributed by atoms with Gasteiger partial charge in [-0.25, -0.2) is 0 Å². The molecule has 9 heteroatoms. The van der Waals surface area contributed by atoms with E-state index < -0.39 is 16.7 Å². The Morgan fingerprint density at radius 2 is 1.80 bits per heavy atom. The third kappa shape index (κ3) is 4.91. The SMILES string of the molecule is CN(CC(=O)Nc1ccc(Cl)cc1)C(=O)c1ccc(Cl)c([N+](=O)[O-])c1. The second-order valence-corrected chi connectivity index (χ2v) is 5.98. The van der Waals surface area contributed by atoms with Crippen molar-refractivity contribution in [3.05, 3.63) is 68.2 Å². The van der Waals surface area contributed by atoms with Gasteiger partial charge in [0.2, 0.25) is 5.91 Å². The molecule has 0 saturated heterocycles. The molecule has 0 aliphatic heterocycles. The molecule has 2 rings (SSSR count). The van der Waals surface area contributed by atoms with Crippen LogP contribution in [0.2, 0.25) is 10.0 Å². The van der Waals surface area contributed by atoms with E-state index in [1.807, 2.05) is 0 Å². The van der Waals surface area contributed by atoms with Crippen LogP contribution in [-0.4, -0.2) is 35.2 Å². The van der Waals surface area contributed by atoms with Crippen molar-refractivity contribution in [2.45, 2.75) is 0 Å². The van der Waals surface area contributed by atoms with Crippen LogP contribution in [0, 0.1) is 10.1 Å². The Hall–Kier alpha value is -2.64. The summed E-state index contributed by atoms with van der Waals surface area (Å²) in [5.74, 6) is -0.951. The van der Waals surface area contributed by atoms with Gasteiger partial charge in [0, 0.05) is 29.4 Å². The lowest BCUT2D eigenvalue weighted by atomic mass is 10.2. The van der Waals surface area contributed by atoms with E-state index in [2.05, 4.69) is 5.32 Å². The van der Waals surface area contributed by atoms with Crippen molar-refractivity contribution < 1.29 is 14.5 Å². The van der Waals surface area contributed by atoms with Crippen LogP contribution in [-0.2, 0) is 4.79 Å². The summed E-state index contributed by atoms with van der Waals surface area (Å²) in [5, 5.41) is 14.0. The van der Waals surface area contributed by atoms with Gasteiger partial charge in [0.05, 0.1) is 11.5 Å². The number of likely N-dealkylation sites (N-methyl/N-ethyl adjacent to an activating group) is 1. The van der Waals surface area contributed by atoms with Crippen LogP contribution >= 0.6 is 23.2 Å².